The molecule has 0 bridgehead atoms. The van der Waals surface area contributed by atoms with Crippen LogP contribution in [0.15, 0.2) is 59.6 Å². The molecule has 7 heteroatoms. The zero-order valence-corrected chi connectivity index (χ0v) is 16.0. The fraction of sp³-hybridized carbons (Fsp3) is 0.235. The molecule has 0 aliphatic heterocycles. The molecule has 2 rings (SSSR count). The molecule has 0 aliphatic rings. The molecule has 0 radical (unpaired) electrons. The van der Waals surface area contributed by atoms with Gasteiger partial charge in [-0.2, -0.15) is 0 Å². The summed E-state index contributed by atoms with van der Waals surface area (Å²) < 4.78 is 0. The van der Waals surface area contributed by atoms with Gasteiger partial charge in [-0.25, -0.2) is 4.99 Å². The van der Waals surface area contributed by atoms with E-state index >= 15 is 0 Å². The van der Waals surface area contributed by atoms with Crippen LogP contribution >= 0.6 is 24.0 Å². The average Bonchev–Trinajstić information content (AvgIpc) is 2.55. The molecule has 2 aromatic rings. The molecule has 0 spiro atoms. The first kappa shape index (κ1) is 19.9. The van der Waals surface area contributed by atoms with Crippen molar-refractivity contribution in [3.8, 4) is 0 Å². The number of rotatable bonds is 5. The molecule has 0 fully saturated rings. The van der Waals surface area contributed by atoms with E-state index in [1.807, 2.05) is 49.3 Å². The van der Waals surface area contributed by atoms with Gasteiger partial charge in [-0.15, -0.1) is 24.0 Å². The molecule has 24 heavy (non-hydrogen) atoms. The van der Waals surface area contributed by atoms with Crippen molar-refractivity contribution in [2.24, 2.45) is 4.99 Å². The summed E-state index contributed by atoms with van der Waals surface area (Å²) in [6.07, 6.45) is 0. The minimum absolute atomic E-state index is 0. The molecule has 0 atom stereocenters. The van der Waals surface area contributed by atoms with Gasteiger partial charge in [0.2, 0.25) is 0 Å². The van der Waals surface area contributed by atoms with Crippen LogP contribution in [0.4, 0.5) is 5.69 Å². The van der Waals surface area contributed by atoms with Crippen molar-refractivity contribution >= 4 is 35.6 Å². The fourth-order valence-electron chi connectivity index (χ4n) is 2.12. The number of guanidine groups is 1. The second kappa shape index (κ2) is 9.86. The molecule has 0 saturated heterocycles. The quantitative estimate of drug-likeness (QED) is 0.254. The number of aliphatic imine (C=N–C) groups is 1. The van der Waals surface area contributed by atoms with Gasteiger partial charge in [-0.1, -0.05) is 48.5 Å². The Bertz CT molecular complexity index is 690. The molecule has 0 heterocycles. The SMILES string of the molecule is CN(C)C(=NCc1ccccc1)NCc1ccccc1[N+](=O)[O-].I. The normalized spacial score (nSPS) is 10.7. The smallest absolute Gasteiger partial charge is 0.274 e. The summed E-state index contributed by atoms with van der Waals surface area (Å²) >= 11 is 0. The van der Waals surface area contributed by atoms with E-state index in [2.05, 4.69) is 10.3 Å². The molecule has 6 nitrogen and oxygen atoms in total. The van der Waals surface area contributed by atoms with E-state index in [0.29, 0.717) is 24.6 Å². The largest absolute Gasteiger partial charge is 0.352 e. The summed E-state index contributed by atoms with van der Waals surface area (Å²) in [6.45, 7) is 0.904. The van der Waals surface area contributed by atoms with Crippen LogP contribution in [-0.4, -0.2) is 29.9 Å². The first-order chi connectivity index (χ1) is 11.1. The van der Waals surface area contributed by atoms with Gasteiger partial charge in [0, 0.05) is 32.3 Å². The lowest BCUT2D eigenvalue weighted by Crippen LogP contribution is -2.36. The van der Waals surface area contributed by atoms with Crippen LogP contribution < -0.4 is 5.32 Å². The van der Waals surface area contributed by atoms with Crippen LogP contribution in [0.25, 0.3) is 0 Å². The van der Waals surface area contributed by atoms with Gasteiger partial charge in [0.15, 0.2) is 5.96 Å². The Labute approximate surface area is 158 Å². The summed E-state index contributed by atoms with van der Waals surface area (Å²) in [5.74, 6) is 0.687. The number of hydrogen-bond acceptors (Lipinski definition) is 3. The summed E-state index contributed by atoms with van der Waals surface area (Å²) in [6, 6.07) is 16.6. The first-order valence-electron chi connectivity index (χ1n) is 7.30. The minimum Gasteiger partial charge on any atom is -0.352 e. The second-order valence-electron chi connectivity index (χ2n) is 5.26. The number of nitrogens with zero attached hydrogens (tertiary/aromatic N) is 3. The van der Waals surface area contributed by atoms with Gasteiger partial charge in [-0.3, -0.25) is 10.1 Å². The first-order valence-corrected chi connectivity index (χ1v) is 7.30. The zero-order valence-electron chi connectivity index (χ0n) is 13.7. The van der Waals surface area contributed by atoms with Gasteiger partial charge in [0.05, 0.1) is 11.5 Å². The van der Waals surface area contributed by atoms with Crippen molar-refractivity contribution in [1.29, 1.82) is 0 Å². The van der Waals surface area contributed by atoms with E-state index in [9.17, 15) is 10.1 Å². The van der Waals surface area contributed by atoms with Crippen molar-refractivity contribution in [2.75, 3.05) is 14.1 Å². The molecule has 1 N–H and O–H groups in total. The van der Waals surface area contributed by atoms with Crippen LogP contribution in [0, 0.1) is 10.1 Å². The predicted molar refractivity (Wildman–Crippen MR) is 107 cm³/mol. The lowest BCUT2D eigenvalue weighted by atomic mass is 10.2. The molecule has 128 valence electrons. The Kier molecular flexibility index (Phi) is 8.17. The number of hydrogen-bond donors (Lipinski definition) is 1. The number of nitrogens with one attached hydrogen (secondary N) is 1. The van der Waals surface area contributed by atoms with E-state index < -0.39 is 0 Å². The Morgan fingerprint density at radius 3 is 2.38 bits per heavy atom. The maximum absolute atomic E-state index is 11.0. The van der Waals surface area contributed by atoms with Crippen molar-refractivity contribution in [1.82, 2.24) is 10.2 Å². The van der Waals surface area contributed by atoms with Crippen molar-refractivity contribution in [3.05, 3.63) is 75.8 Å². The van der Waals surface area contributed by atoms with E-state index in [1.54, 1.807) is 18.2 Å². The van der Waals surface area contributed by atoms with Crippen molar-refractivity contribution < 1.29 is 4.92 Å². The van der Waals surface area contributed by atoms with Gasteiger partial charge in [-0.05, 0) is 5.56 Å². The van der Waals surface area contributed by atoms with Gasteiger partial charge in [0.1, 0.15) is 0 Å². The monoisotopic (exact) mass is 440 g/mol. The number of nitro groups is 1. The van der Waals surface area contributed by atoms with E-state index in [0.717, 1.165) is 5.56 Å². The summed E-state index contributed by atoms with van der Waals surface area (Å²) in [5.41, 5.74) is 1.85. The standard InChI is InChI=1S/C17H20N4O2.HI/c1-20(2)17(18-12-14-8-4-3-5-9-14)19-13-15-10-6-7-11-16(15)21(22)23;/h3-11H,12-13H2,1-2H3,(H,18,19);1H. The highest BCUT2D eigenvalue weighted by Crippen LogP contribution is 2.17. The molecule has 0 unspecified atom stereocenters. The third-order valence-corrected chi connectivity index (χ3v) is 3.30. The van der Waals surface area contributed by atoms with Gasteiger partial charge in [0.25, 0.3) is 5.69 Å². The Balaban J connectivity index is 0.00000288. The van der Waals surface area contributed by atoms with Crippen LogP contribution in [0.1, 0.15) is 11.1 Å². The maximum Gasteiger partial charge on any atom is 0.274 e. The number of nitro benzene ring substituents is 1. The van der Waals surface area contributed by atoms with Crippen molar-refractivity contribution in [2.45, 2.75) is 13.1 Å². The van der Waals surface area contributed by atoms with Crippen LogP contribution in [0.2, 0.25) is 0 Å². The average molecular weight is 440 g/mol. The molecular formula is C17H21IN4O2. The zero-order chi connectivity index (χ0) is 16.7. The molecular weight excluding hydrogens is 419 g/mol. The van der Waals surface area contributed by atoms with Gasteiger partial charge >= 0.3 is 0 Å². The lowest BCUT2D eigenvalue weighted by molar-refractivity contribution is -0.385. The highest BCUT2D eigenvalue weighted by atomic mass is 127. The highest BCUT2D eigenvalue weighted by Gasteiger charge is 2.12. The molecule has 2 aromatic carbocycles. The molecule has 0 aromatic heterocycles. The molecule has 0 aliphatic carbocycles. The van der Waals surface area contributed by atoms with E-state index in [4.69, 9.17) is 0 Å². The summed E-state index contributed by atoms with van der Waals surface area (Å²) in [4.78, 5) is 17.1. The Hall–Kier alpha value is -2.16. The predicted octanol–water partition coefficient (Wildman–Crippen LogP) is 3.42. The lowest BCUT2D eigenvalue weighted by Gasteiger charge is -2.17. The Morgan fingerprint density at radius 1 is 1.12 bits per heavy atom. The molecule has 0 amide bonds. The molecule has 0 saturated carbocycles. The number of para-hydroxylation sites is 1. The number of halogens is 1. The fourth-order valence-corrected chi connectivity index (χ4v) is 2.12. The van der Waals surface area contributed by atoms with Crippen LogP contribution in [0.5, 0.6) is 0 Å². The summed E-state index contributed by atoms with van der Waals surface area (Å²) in [5, 5.41) is 14.2. The van der Waals surface area contributed by atoms with Crippen LogP contribution in [-0.2, 0) is 13.1 Å². The summed E-state index contributed by atoms with van der Waals surface area (Å²) in [7, 11) is 3.77. The third kappa shape index (κ3) is 5.80. The second-order valence-corrected chi connectivity index (χ2v) is 5.26. The van der Waals surface area contributed by atoms with E-state index in [1.165, 1.54) is 6.07 Å². The number of benzene rings is 2. The van der Waals surface area contributed by atoms with Gasteiger partial charge < -0.3 is 10.2 Å². The van der Waals surface area contributed by atoms with Crippen LogP contribution in [0.3, 0.4) is 0 Å². The van der Waals surface area contributed by atoms with E-state index in [-0.39, 0.29) is 34.6 Å². The highest BCUT2D eigenvalue weighted by molar-refractivity contribution is 14.0. The minimum atomic E-state index is -0.368. The Morgan fingerprint density at radius 2 is 1.75 bits per heavy atom. The maximum atomic E-state index is 11.0. The third-order valence-electron chi connectivity index (χ3n) is 3.30. The topological polar surface area (TPSA) is 70.8 Å². The van der Waals surface area contributed by atoms with Crippen molar-refractivity contribution in [3.63, 3.8) is 0 Å².